The molecule has 0 aliphatic rings. The van der Waals surface area contributed by atoms with E-state index in [1.807, 2.05) is 6.92 Å². The van der Waals surface area contributed by atoms with Gasteiger partial charge in [0.2, 0.25) is 0 Å². The van der Waals surface area contributed by atoms with Gasteiger partial charge in [-0.3, -0.25) is 4.79 Å². The van der Waals surface area contributed by atoms with Crippen molar-refractivity contribution in [3.63, 3.8) is 0 Å². The molecule has 2 aromatic carbocycles. The first-order valence-corrected chi connectivity index (χ1v) is 6.03. The summed E-state index contributed by atoms with van der Waals surface area (Å²) >= 11 is 3.27. The first-order valence-electron chi connectivity index (χ1n) is 5.24. The van der Waals surface area contributed by atoms with Crippen LogP contribution in [0, 0.1) is 18.6 Å². The molecule has 92 valence electrons. The summed E-state index contributed by atoms with van der Waals surface area (Å²) < 4.78 is 26.7. The van der Waals surface area contributed by atoms with E-state index in [0.29, 0.717) is 10.0 Å². The number of rotatable bonds is 2. The van der Waals surface area contributed by atoms with Crippen molar-refractivity contribution in [2.75, 3.05) is 0 Å². The number of carbonyl (C=O) groups is 1. The molecule has 0 N–H and O–H groups in total. The molecule has 0 aliphatic carbocycles. The molecule has 0 fully saturated rings. The highest BCUT2D eigenvalue weighted by atomic mass is 79.9. The predicted octanol–water partition coefficient (Wildman–Crippen LogP) is 4.27. The Balaban J connectivity index is 2.47. The van der Waals surface area contributed by atoms with Gasteiger partial charge in [-0.25, -0.2) is 8.78 Å². The van der Waals surface area contributed by atoms with Crippen LogP contribution < -0.4 is 0 Å². The Kier molecular flexibility index (Phi) is 3.57. The fourth-order valence-electron chi connectivity index (χ4n) is 1.64. The fourth-order valence-corrected chi connectivity index (χ4v) is 2.32. The topological polar surface area (TPSA) is 17.1 Å². The first-order chi connectivity index (χ1) is 8.47. The van der Waals surface area contributed by atoms with Crippen molar-refractivity contribution >= 4 is 21.7 Å². The van der Waals surface area contributed by atoms with Crippen LogP contribution in [-0.2, 0) is 0 Å². The third-order valence-corrected chi connectivity index (χ3v) is 3.15. The van der Waals surface area contributed by atoms with Crippen LogP contribution in [-0.4, -0.2) is 5.78 Å². The van der Waals surface area contributed by atoms with Gasteiger partial charge in [0.05, 0.1) is 0 Å². The number of ketones is 1. The maximum atomic E-state index is 13.1. The van der Waals surface area contributed by atoms with E-state index in [1.54, 1.807) is 18.2 Å². The summed E-state index contributed by atoms with van der Waals surface area (Å²) in [7, 11) is 0. The predicted molar refractivity (Wildman–Crippen MR) is 68.7 cm³/mol. The fraction of sp³-hybridized carbons (Fsp3) is 0.0714. The van der Waals surface area contributed by atoms with Crippen molar-refractivity contribution in [2.45, 2.75) is 6.92 Å². The first kappa shape index (κ1) is 12.9. The van der Waals surface area contributed by atoms with E-state index >= 15 is 0 Å². The molecule has 0 unspecified atom stereocenters. The van der Waals surface area contributed by atoms with Gasteiger partial charge in [0, 0.05) is 21.7 Å². The van der Waals surface area contributed by atoms with Crippen molar-refractivity contribution in [3.8, 4) is 0 Å². The highest BCUT2D eigenvalue weighted by Gasteiger charge is 2.14. The zero-order valence-corrected chi connectivity index (χ0v) is 11.1. The zero-order chi connectivity index (χ0) is 13.3. The highest BCUT2D eigenvalue weighted by molar-refractivity contribution is 9.10. The molecule has 1 nitrogen and oxygen atoms in total. The summed E-state index contributed by atoms with van der Waals surface area (Å²) in [6, 6.07) is 7.97. The van der Waals surface area contributed by atoms with Crippen LogP contribution in [0.2, 0.25) is 0 Å². The number of hydrogen-bond donors (Lipinski definition) is 0. The molecule has 0 amide bonds. The molecule has 0 saturated heterocycles. The molecule has 0 heterocycles. The molecule has 0 aromatic heterocycles. The number of hydrogen-bond acceptors (Lipinski definition) is 1. The van der Waals surface area contributed by atoms with Crippen molar-refractivity contribution in [1.82, 2.24) is 0 Å². The van der Waals surface area contributed by atoms with E-state index in [4.69, 9.17) is 0 Å². The van der Waals surface area contributed by atoms with E-state index in [1.165, 1.54) is 0 Å². The molecular weight excluding hydrogens is 302 g/mol. The largest absolute Gasteiger partial charge is 0.289 e. The van der Waals surface area contributed by atoms with Gasteiger partial charge in [-0.1, -0.05) is 22.0 Å². The van der Waals surface area contributed by atoms with Crippen LogP contribution in [0.15, 0.2) is 40.9 Å². The Bertz CT molecular complexity index is 603. The minimum atomic E-state index is -0.762. The Morgan fingerprint density at radius 3 is 2.22 bits per heavy atom. The molecule has 18 heavy (non-hydrogen) atoms. The molecule has 0 spiro atoms. The lowest BCUT2D eigenvalue weighted by atomic mass is 10.0. The average Bonchev–Trinajstić information content (AvgIpc) is 2.26. The molecular formula is C14H9BrF2O. The standard InChI is InChI=1S/C14H9BrF2O/c1-8-2-3-12(13(15)4-8)14(18)9-5-10(16)7-11(17)6-9/h2-7H,1H3. The second kappa shape index (κ2) is 4.98. The SMILES string of the molecule is Cc1ccc(C(=O)c2cc(F)cc(F)c2)c(Br)c1. The molecule has 4 heteroatoms. The monoisotopic (exact) mass is 310 g/mol. The molecule has 0 bridgehead atoms. The third kappa shape index (κ3) is 2.64. The van der Waals surface area contributed by atoms with E-state index in [9.17, 15) is 13.6 Å². The lowest BCUT2D eigenvalue weighted by Gasteiger charge is -2.05. The number of halogens is 3. The van der Waals surface area contributed by atoms with Crippen LogP contribution in [0.25, 0.3) is 0 Å². The quantitative estimate of drug-likeness (QED) is 0.757. The van der Waals surface area contributed by atoms with Gasteiger partial charge in [0.1, 0.15) is 11.6 Å². The van der Waals surface area contributed by atoms with Crippen molar-refractivity contribution in [3.05, 3.63) is 69.2 Å². The summed E-state index contributed by atoms with van der Waals surface area (Å²) in [5, 5.41) is 0. The summed E-state index contributed by atoms with van der Waals surface area (Å²) in [6.45, 7) is 1.89. The zero-order valence-electron chi connectivity index (χ0n) is 9.51. The van der Waals surface area contributed by atoms with Gasteiger partial charge in [-0.2, -0.15) is 0 Å². The summed E-state index contributed by atoms with van der Waals surface area (Å²) in [5.74, 6) is -1.94. The normalized spacial score (nSPS) is 10.4. The number of benzene rings is 2. The van der Waals surface area contributed by atoms with Crippen LogP contribution in [0.4, 0.5) is 8.78 Å². The Morgan fingerprint density at radius 2 is 1.67 bits per heavy atom. The lowest BCUT2D eigenvalue weighted by molar-refractivity contribution is 0.103. The molecule has 0 aliphatic heterocycles. The molecule has 0 radical (unpaired) electrons. The molecule has 2 aromatic rings. The Hall–Kier alpha value is -1.55. The van der Waals surface area contributed by atoms with E-state index in [-0.39, 0.29) is 5.56 Å². The van der Waals surface area contributed by atoms with Crippen molar-refractivity contribution in [2.24, 2.45) is 0 Å². The van der Waals surface area contributed by atoms with Crippen LogP contribution in [0.5, 0.6) is 0 Å². The van der Waals surface area contributed by atoms with Crippen molar-refractivity contribution < 1.29 is 13.6 Å². The third-order valence-electron chi connectivity index (χ3n) is 2.49. The molecule has 2 rings (SSSR count). The Morgan fingerprint density at radius 1 is 1.06 bits per heavy atom. The van der Waals surface area contributed by atoms with Gasteiger partial charge in [0.25, 0.3) is 0 Å². The van der Waals surface area contributed by atoms with Gasteiger partial charge in [-0.05, 0) is 36.8 Å². The van der Waals surface area contributed by atoms with Gasteiger partial charge < -0.3 is 0 Å². The van der Waals surface area contributed by atoms with Crippen LogP contribution >= 0.6 is 15.9 Å². The Labute approximate surface area is 112 Å². The maximum absolute atomic E-state index is 13.1. The lowest BCUT2D eigenvalue weighted by Crippen LogP contribution is -2.04. The highest BCUT2D eigenvalue weighted by Crippen LogP contribution is 2.22. The number of carbonyl (C=O) groups excluding carboxylic acids is 1. The van der Waals surface area contributed by atoms with E-state index in [0.717, 1.165) is 23.8 Å². The smallest absolute Gasteiger partial charge is 0.194 e. The van der Waals surface area contributed by atoms with Gasteiger partial charge in [0.15, 0.2) is 5.78 Å². The van der Waals surface area contributed by atoms with Crippen molar-refractivity contribution in [1.29, 1.82) is 0 Å². The summed E-state index contributed by atoms with van der Waals surface area (Å²) in [5.41, 5.74) is 1.37. The second-order valence-corrected chi connectivity index (χ2v) is 4.82. The molecule has 0 atom stereocenters. The average molecular weight is 311 g/mol. The van der Waals surface area contributed by atoms with Gasteiger partial charge >= 0.3 is 0 Å². The molecule has 0 saturated carbocycles. The minimum Gasteiger partial charge on any atom is -0.289 e. The van der Waals surface area contributed by atoms with E-state index < -0.39 is 17.4 Å². The minimum absolute atomic E-state index is 0.00273. The van der Waals surface area contributed by atoms with E-state index in [2.05, 4.69) is 15.9 Å². The van der Waals surface area contributed by atoms with Crippen LogP contribution in [0.1, 0.15) is 21.5 Å². The number of aryl methyl sites for hydroxylation is 1. The second-order valence-electron chi connectivity index (χ2n) is 3.97. The summed E-state index contributed by atoms with van der Waals surface area (Å²) in [6.07, 6.45) is 0. The van der Waals surface area contributed by atoms with Crippen LogP contribution in [0.3, 0.4) is 0 Å². The summed E-state index contributed by atoms with van der Waals surface area (Å²) in [4.78, 5) is 12.1. The maximum Gasteiger partial charge on any atom is 0.194 e. The van der Waals surface area contributed by atoms with Gasteiger partial charge in [-0.15, -0.1) is 0 Å².